The summed E-state index contributed by atoms with van der Waals surface area (Å²) in [5.74, 6) is 0.381. The Morgan fingerprint density at radius 3 is 2.95 bits per heavy atom. The van der Waals surface area contributed by atoms with E-state index in [1.807, 2.05) is 6.07 Å². The normalized spacial score (nSPS) is 15.6. The molecule has 0 amide bonds. The van der Waals surface area contributed by atoms with Gasteiger partial charge in [-0.1, -0.05) is 0 Å². The van der Waals surface area contributed by atoms with Gasteiger partial charge in [-0.15, -0.1) is 0 Å². The first kappa shape index (κ1) is 14.2. The number of hydrogen-bond donors (Lipinski definition) is 1. The Labute approximate surface area is 116 Å². The molecule has 20 heavy (non-hydrogen) atoms. The predicted octanol–water partition coefficient (Wildman–Crippen LogP) is 0.606. The van der Waals surface area contributed by atoms with E-state index in [2.05, 4.69) is 15.2 Å². The molecule has 0 spiro atoms. The van der Waals surface area contributed by atoms with Crippen LogP contribution in [0.15, 0.2) is 12.3 Å². The second-order valence-corrected chi connectivity index (χ2v) is 4.34. The van der Waals surface area contributed by atoms with Crippen molar-refractivity contribution in [2.75, 3.05) is 44.7 Å². The highest BCUT2D eigenvalue weighted by molar-refractivity contribution is 5.55. The molecule has 8 nitrogen and oxygen atoms in total. The van der Waals surface area contributed by atoms with E-state index in [0.717, 1.165) is 39.0 Å². The Morgan fingerprint density at radius 1 is 1.55 bits per heavy atom. The van der Waals surface area contributed by atoms with Crippen molar-refractivity contribution in [1.29, 1.82) is 5.26 Å². The molecule has 0 aromatic carbocycles. The Morgan fingerprint density at radius 2 is 2.30 bits per heavy atom. The third-order valence-corrected chi connectivity index (χ3v) is 3.03. The third kappa shape index (κ3) is 3.63. The Kier molecular flexibility index (Phi) is 4.81. The minimum Gasteiger partial charge on any atom is -0.379 e. The van der Waals surface area contributed by atoms with Crippen LogP contribution >= 0.6 is 0 Å². The molecular weight excluding hydrogens is 262 g/mol. The molecule has 1 aliphatic rings. The highest BCUT2D eigenvalue weighted by Gasteiger charge is 2.13. The lowest BCUT2D eigenvalue weighted by Gasteiger charge is -2.26. The number of nitrogens with zero attached hydrogens (tertiary/aromatic N) is 4. The molecule has 2 heterocycles. The number of nitriles is 1. The van der Waals surface area contributed by atoms with Crippen LogP contribution in [0, 0.1) is 21.4 Å². The fourth-order valence-electron chi connectivity index (χ4n) is 1.94. The summed E-state index contributed by atoms with van der Waals surface area (Å²) < 4.78 is 5.26. The standard InChI is InChI=1S/C12H15N5O3/c13-8-10-7-11(17(18)19)9-15-12(10)14-1-2-16-3-5-20-6-4-16/h7,9H,1-6H2,(H,14,15). The Bertz CT molecular complexity index is 522. The lowest BCUT2D eigenvalue weighted by Crippen LogP contribution is -2.39. The van der Waals surface area contributed by atoms with Gasteiger partial charge in [0.1, 0.15) is 23.6 Å². The van der Waals surface area contributed by atoms with Gasteiger partial charge in [-0.2, -0.15) is 5.26 Å². The average molecular weight is 277 g/mol. The van der Waals surface area contributed by atoms with Crippen LogP contribution in [0.4, 0.5) is 11.5 Å². The number of rotatable bonds is 5. The molecule has 1 fully saturated rings. The second kappa shape index (κ2) is 6.79. The number of nitrogens with one attached hydrogen (secondary N) is 1. The van der Waals surface area contributed by atoms with Crippen molar-refractivity contribution in [3.63, 3.8) is 0 Å². The van der Waals surface area contributed by atoms with Crippen molar-refractivity contribution in [1.82, 2.24) is 9.88 Å². The van der Waals surface area contributed by atoms with Crippen LogP contribution in [0.5, 0.6) is 0 Å². The second-order valence-electron chi connectivity index (χ2n) is 4.34. The van der Waals surface area contributed by atoms with Crippen LogP contribution in [0.1, 0.15) is 5.56 Å². The van der Waals surface area contributed by atoms with Gasteiger partial charge in [0.15, 0.2) is 0 Å². The number of aromatic nitrogens is 1. The average Bonchev–Trinajstić information content (AvgIpc) is 2.48. The molecule has 0 saturated carbocycles. The van der Waals surface area contributed by atoms with E-state index >= 15 is 0 Å². The lowest BCUT2D eigenvalue weighted by molar-refractivity contribution is -0.385. The van der Waals surface area contributed by atoms with E-state index in [-0.39, 0.29) is 11.3 Å². The zero-order chi connectivity index (χ0) is 14.4. The van der Waals surface area contributed by atoms with Gasteiger partial charge >= 0.3 is 0 Å². The number of morpholine rings is 1. The van der Waals surface area contributed by atoms with E-state index < -0.39 is 4.92 Å². The summed E-state index contributed by atoms with van der Waals surface area (Å²) in [6.07, 6.45) is 1.15. The lowest BCUT2D eigenvalue weighted by atomic mass is 10.2. The maximum Gasteiger partial charge on any atom is 0.289 e. The molecule has 1 saturated heterocycles. The highest BCUT2D eigenvalue weighted by Crippen LogP contribution is 2.17. The quantitative estimate of drug-likeness (QED) is 0.620. The van der Waals surface area contributed by atoms with Crippen molar-refractivity contribution >= 4 is 11.5 Å². The van der Waals surface area contributed by atoms with Crippen LogP contribution in [0.25, 0.3) is 0 Å². The van der Waals surface area contributed by atoms with Crippen molar-refractivity contribution in [2.24, 2.45) is 0 Å². The maximum atomic E-state index is 10.6. The van der Waals surface area contributed by atoms with Gasteiger partial charge in [-0.25, -0.2) is 4.98 Å². The molecule has 1 aromatic rings. The van der Waals surface area contributed by atoms with Crippen molar-refractivity contribution in [3.05, 3.63) is 27.9 Å². The van der Waals surface area contributed by atoms with E-state index in [0.29, 0.717) is 12.4 Å². The fourth-order valence-corrected chi connectivity index (χ4v) is 1.94. The van der Waals surface area contributed by atoms with Crippen molar-refractivity contribution in [2.45, 2.75) is 0 Å². The molecule has 0 bridgehead atoms. The SMILES string of the molecule is N#Cc1cc([N+](=O)[O-])cnc1NCCN1CCOCC1. The number of hydrogen-bond acceptors (Lipinski definition) is 7. The van der Waals surface area contributed by atoms with Gasteiger partial charge in [-0.05, 0) is 0 Å². The summed E-state index contributed by atoms with van der Waals surface area (Å²) in [7, 11) is 0. The monoisotopic (exact) mass is 277 g/mol. The fraction of sp³-hybridized carbons (Fsp3) is 0.500. The molecule has 106 valence electrons. The molecule has 0 unspecified atom stereocenters. The van der Waals surface area contributed by atoms with Crippen LogP contribution < -0.4 is 5.32 Å². The third-order valence-electron chi connectivity index (χ3n) is 3.03. The minimum absolute atomic E-state index is 0.180. The molecule has 1 N–H and O–H groups in total. The highest BCUT2D eigenvalue weighted by atomic mass is 16.6. The first-order valence-electron chi connectivity index (χ1n) is 6.29. The van der Waals surface area contributed by atoms with Gasteiger partial charge in [0.2, 0.25) is 0 Å². The number of pyridine rings is 1. The van der Waals surface area contributed by atoms with Crippen molar-refractivity contribution < 1.29 is 9.66 Å². The topological polar surface area (TPSA) is 104 Å². The number of anilines is 1. The zero-order valence-corrected chi connectivity index (χ0v) is 10.9. The molecule has 0 atom stereocenters. The number of ether oxygens (including phenoxy) is 1. The zero-order valence-electron chi connectivity index (χ0n) is 10.9. The minimum atomic E-state index is -0.564. The molecule has 8 heteroatoms. The van der Waals surface area contributed by atoms with Crippen molar-refractivity contribution in [3.8, 4) is 6.07 Å². The Balaban J connectivity index is 1.92. The van der Waals surface area contributed by atoms with Gasteiger partial charge in [0.05, 0.1) is 18.1 Å². The summed E-state index contributed by atoms with van der Waals surface area (Å²) in [6.45, 7) is 4.69. The van der Waals surface area contributed by atoms with E-state index in [4.69, 9.17) is 10.00 Å². The molecule has 1 aromatic heterocycles. The summed E-state index contributed by atoms with van der Waals surface area (Å²) in [6, 6.07) is 3.14. The Hall–Kier alpha value is -2.24. The van der Waals surface area contributed by atoms with Crippen LogP contribution in [0.2, 0.25) is 0 Å². The summed E-state index contributed by atoms with van der Waals surface area (Å²) >= 11 is 0. The van der Waals surface area contributed by atoms with E-state index in [1.54, 1.807) is 0 Å². The molecule has 2 rings (SSSR count). The van der Waals surface area contributed by atoms with Crippen LogP contribution in [0.3, 0.4) is 0 Å². The number of nitro groups is 1. The van der Waals surface area contributed by atoms with Gasteiger partial charge < -0.3 is 10.1 Å². The molecule has 0 aliphatic carbocycles. The molecular formula is C12H15N5O3. The molecule has 1 aliphatic heterocycles. The van der Waals surface area contributed by atoms with Crippen LogP contribution in [-0.4, -0.2) is 54.2 Å². The summed E-state index contributed by atoms with van der Waals surface area (Å²) in [5.41, 5.74) is 0.00135. The summed E-state index contributed by atoms with van der Waals surface area (Å²) in [5, 5.41) is 22.7. The first-order chi connectivity index (χ1) is 9.70. The largest absolute Gasteiger partial charge is 0.379 e. The predicted molar refractivity (Wildman–Crippen MR) is 71.4 cm³/mol. The van der Waals surface area contributed by atoms with Gasteiger partial charge in [0.25, 0.3) is 5.69 Å². The van der Waals surface area contributed by atoms with Gasteiger partial charge in [0, 0.05) is 32.2 Å². The maximum absolute atomic E-state index is 10.6. The molecule has 0 radical (unpaired) electrons. The smallest absolute Gasteiger partial charge is 0.289 e. The first-order valence-corrected chi connectivity index (χ1v) is 6.29. The van der Waals surface area contributed by atoms with E-state index in [1.165, 1.54) is 6.07 Å². The van der Waals surface area contributed by atoms with Crippen LogP contribution in [-0.2, 0) is 4.74 Å². The van der Waals surface area contributed by atoms with Gasteiger partial charge in [-0.3, -0.25) is 15.0 Å². The van der Waals surface area contributed by atoms with E-state index in [9.17, 15) is 10.1 Å². The summed E-state index contributed by atoms with van der Waals surface area (Å²) in [4.78, 5) is 16.2.